The highest BCUT2D eigenvalue weighted by Crippen LogP contribution is 2.24. The average Bonchev–Trinajstić information content (AvgIpc) is 2.67. The third kappa shape index (κ3) is 4.73. The smallest absolute Gasteiger partial charge is 0.232 e. The monoisotopic (exact) mass is 345 g/mol. The van der Waals surface area contributed by atoms with Gasteiger partial charge in [-0.25, -0.2) is 0 Å². The lowest BCUT2D eigenvalue weighted by Gasteiger charge is -2.18. The fourth-order valence-electron chi connectivity index (χ4n) is 2.94. The number of ether oxygens (including phenoxy) is 1. The van der Waals surface area contributed by atoms with E-state index in [2.05, 4.69) is 5.32 Å². The third-order valence-corrected chi connectivity index (χ3v) is 4.19. The molecule has 3 aromatic carbocycles. The van der Waals surface area contributed by atoms with Gasteiger partial charge in [-0.1, -0.05) is 72.8 Å². The fraction of sp³-hybridized carbons (Fsp3) is 0.174. The van der Waals surface area contributed by atoms with Gasteiger partial charge in [0.05, 0.1) is 12.5 Å². The molecule has 0 heterocycles. The molecule has 0 aliphatic heterocycles. The summed E-state index contributed by atoms with van der Waals surface area (Å²) in [6, 6.07) is 27.6. The summed E-state index contributed by atoms with van der Waals surface area (Å²) >= 11 is 0. The van der Waals surface area contributed by atoms with Crippen LogP contribution in [0.25, 0.3) is 0 Å². The van der Waals surface area contributed by atoms with E-state index in [1.54, 1.807) is 0 Å². The maximum Gasteiger partial charge on any atom is 0.232 e. The Labute approximate surface area is 154 Å². The predicted molar refractivity (Wildman–Crippen MR) is 104 cm³/mol. The van der Waals surface area contributed by atoms with Crippen molar-refractivity contribution in [3.05, 3.63) is 102 Å². The Morgan fingerprint density at radius 2 is 1.50 bits per heavy atom. The predicted octanol–water partition coefficient (Wildman–Crippen LogP) is 4.32. The summed E-state index contributed by atoms with van der Waals surface area (Å²) in [5.74, 6) is 0.480. The molecule has 0 atom stereocenters. The zero-order chi connectivity index (χ0) is 18.2. The number of rotatable bonds is 7. The maximum absolute atomic E-state index is 12.8. The molecule has 0 fully saturated rings. The Morgan fingerprint density at radius 1 is 0.885 bits per heavy atom. The van der Waals surface area contributed by atoms with E-state index in [0.717, 1.165) is 22.4 Å². The summed E-state index contributed by atoms with van der Waals surface area (Å²) in [5, 5.41) is 3.00. The van der Waals surface area contributed by atoms with Crippen LogP contribution >= 0.6 is 0 Å². The molecule has 0 unspecified atom stereocenters. The van der Waals surface area contributed by atoms with Crippen molar-refractivity contribution in [3.8, 4) is 5.75 Å². The van der Waals surface area contributed by atoms with Crippen molar-refractivity contribution >= 4 is 5.91 Å². The highest BCUT2D eigenvalue weighted by Gasteiger charge is 2.21. The van der Waals surface area contributed by atoms with Gasteiger partial charge in [0, 0.05) is 0 Å². The van der Waals surface area contributed by atoms with Crippen LogP contribution in [0.1, 0.15) is 22.6 Å². The zero-order valence-electron chi connectivity index (χ0n) is 14.9. The summed E-state index contributed by atoms with van der Waals surface area (Å²) in [6.07, 6.45) is 0. The molecule has 132 valence electrons. The van der Waals surface area contributed by atoms with Gasteiger partial charge in [0.1, 0.15) is 12.4 Å². The summed E-state index contributed by atoms with van der Waals surface area (Å²) < 4.78 is 5.71. The van der Waals surface area contributed by atoms with Crippen LogP contribution in [0.3, 0.4) is 0 Å². The first-order valence-corrected chi connectivity index (χ1v) is 8.81. The Kier molecular flexibility index (Phi) is 6.05. The molecule has 26 heavy (non-hydrogen) atoms. The van der Waals surface area contributed by atoms with Crippen molar-refractivity contribution in [3.63, 3.8) is 0 Å². The van der Waals surface area contributed by atoms with Crippen LogP contribution in [0.4, 0.5) is 0 Å². The second-order valence-corrected chi connectivity index (χ2v) is 6.21. The first-order chi connectivity index (χ1) is 12.7. The lowest BCUT2D eigenvalue weighted by atomic mass is 9.90. The molecule has 3 rings (SSSR count). The minimum absolute atomic E-state index is 0.0183. The van der Waals surface area contributed by atoms with Gasteiger partial charge in [0.15, 0.2) is 0 Å². The minimum Gasteiger partial charge on any atom is -0.492 e. The molecule has 0 radical (unpaired) electrons. The fourth-order valence-corrected chi connectivity index (χ4v) is 2.94. The number of hydrogen-bond donors (Lipinski definition) is 1. The molecule has 0 bridgehead atoms. The van der Waals surface area contributed by atoms with Crippen LogP contribution in [0, 0.1) is 6.92 Å². The quantitative estimate of drug-likeness (QED) is 0.648. The van der Waals surface area contributed by atoms with Crippen molar-refractivity contribution < 1.29 is 9.53 Å². The summed E-state index contributed by atoms with van der Waals surface area (Å²) in [6.45, 7) is 2.92. The zero-order valence-corrected chi connectivity index (χ0v) is 14.9. The molecule has 0 spiro atoms. The number of hydrogen-bond acceptors (Lipinski definition) is 2. The van der Waals surface area contributed by atoms with Gasteiger partial charge in [0.25, 0.3) is 0 Å². The third-order valence-electron chi connectivity index (χ3n) is 4.19. The largest absolute Gasteiger partial charge is 0.492 e. The Hall–Kier alpha value is -3.07. The van der Waals surface area contributed by atoms with Crippen LogP contribution in [-0.2, 0) is 4.79 Å². The summed E-state index contributed by atoms with van der Waals surface area (Å²) in [4.78, 5) is 12.8. The summed E-state index contributed by atoms with van der Waals surface area (Å²) in [7, 11) is 0. The SMILES string of the molecule is Cc1cccc(OCCNC(=O)C(c2ccccc2)c2ccccc2)c1. The van der Waals surface area contributed by atoms with E-state index in [0.29, 0.717) is 13.2 Å². The van der Waals surface area contributed by atoms with E-state index >= 15 is 0 Å². The van der Waals surface area contributed by atoms with Gasteiger partial charge < -0.3 is 10.1 Å². The Balaban J connectivity index is 1.63. The molecule has 0 aliphatic carbocycles. The molecular formula is C23H23NO2. The van der Waals surface area contributed by atoms with Crippen molar-refractivity contribution in [1.29, 1.82) is 0 Å². The number of aryl methyl sites for hydroxylation is 1. The highest BCUT2D eigenvalue weighted by molar-refractivity contribution is 5.87. The molecule has 1 N–H and O–H groups in total. The van der Waals surface area contributed by atoms with E-state index in [9.17, 15) is 4.79 Å². The van der Waals surface area contributed by atoms with E-state index in [4.69, 9.17) is 4.74 Å². The van der Waals surface area contributed by atoms with Crippen molar-refractivity contribution in [1.82, 2.24) is 5.32 Å². The van der Waals surface area contributed by atoms with E-state index < -0.39 is 0 Å². The van der Waals surface area contributed by atoms with Crippen LogP contribution in [0.15, 0.2) is 84.9 Å². The molecular weight excluding hydrogens is 322 g/mol. The number of carbonyl (C=O) groups is 1. The second-order valence-electron chi connectivity index (χ2n) is 6.21. The molecule has 3 heteroatoms. The van der Waals surface area contributed by atoms with Crippen LogP contribution in [-0.4, -0.2) is 19.1 Å². The van der Waals surface area contributed by atoms with E-state index in [-0.39, 0.29) is 11.8 Å². The van der Waals surface area contributed by atoms with Crippen LogP contribution in [0.2, 0.25) is 0 Å². The molecule has 0 saturated carbocycles. The molecule has 3 nitrogen and oxygen atoms in total. The number of carbonyl (C=O) groups excluding carboxylic acids is 1. The standard InChI is InChI=1S/C23H23NO2/c1-18-9-8-14-21(17-18)26-16-15-24-23(25)22(19-10-4-2-5-11-19)20-12-6-3-7-13-20/h2-14,17,22H,15-16H2,1H3,(H,24,25). The van der Waals surface area contributed by atoms with Crippen LogP contribution < -0.4 is 10.1 Å². The van der Waals surface area contributed by atoms with Crippen molar-refractivity contribution in [2.75, 3.05) is 13.2 Å². The van der Waals surface area contributed by atoms with E-state index in [1.807, 2.05) is 91.9 Å². The van der Waals surface area contributed by atoms with Gasteiger partial charge in [-0.2, -0.15) is 0 Å². The highest BCUT2D eigenvalue weighted by atomic mass is 16.5. The summed E-state index contributed by atoms with van der Waals surface area (Å²) in [5.41, 5.74) is 3.12. The van der Waals surface area contributed by atoms with Crippen molar-refractivity contribution in [2.45, 2.75) is 12.8 Å². The molecule has 3 aromatic rings. The molecule has 0 aromatic heterocycles. The number of benzene rings is 3. The van der Waals surface area contributed by atoms with Gasteiger partial charge in [-0.3, -0.25) is 4.79 Å². The second kappa shape index (κ2) is 8.86. The Morgan fingerprint density at radius 3 is 2.08 bits per heavy atom. The van der Waals surface area contributed by atoms with E-state index in [1.165, 1.54) is 0 Å². The first-order valence-electron chi connectivity index (χ1n) is 8.81. The van der Waals surface area contributed by atoms with Crippen LogP contribution in [0.5, 0.6) is 5.75 Å². The molecule has 0 aliphatic rings. The lowest BCUT2D eigenvalue weighted by molar-refractivity contribution is -0.121. The molecule has 0 saturated heterocycles. The normalized spacial score (nSPS) is 10.5. The first kappa shape index (κ1) is 17.7. The van der Waals surface area contributed by atoms with Gasteiger partial charge in [-0.05, 0) is 35.7 Å². The number of amides is 1. The topological polar surface area (TPSA) is 38.3 Å². The molecule has 1 amide bonds. The van der Waals surface area contributed by atoms with Crippen molar-refractivity contribution in [2.24, 2.45) is 0 Å². The van der Waals surface area contributed by atoms with Gasteiger partial charge >= 0.3 is 0 Å². The average molecular weight is 345 g/mol. The van der Waals surface area contributed by atoms with Gasteiger partial charge in [-0.15, -0.1) is 0 Å². The maximum atomic E-state index is 12.8. The Bertz CT molecular complexity index is 792. The number of nitrogens with one attached hydrogen (secondary N) is 1. The lowest BCUT2D eigenvalue weighted by Crippen LogP contribution is -2.33. The van der Waals surface area contributed by atoms with Gasteiger partial charge in [0.2, 0.25) is 5.91 Å². The minimum atomic E-state index is -0.323.